The Bertz CT molecular complexity index is 2730. The smallest absolute Gasteiger partial charge is 0.0555 e. The maximum atomic E-state index is 2.48. The summed E-state index contributed by atoms with van der Waals surface area (Å²) in [7, 11) is 0. The van der Waals surface area contributed by atoms with Gasteiger partial charge >= 0.3 is 0 Å². The summed E-state index contributed by atoms with van der Waals surface area (Å²) in [4.78, 5) is 0. The van der Waals surface area contributed by atoms with Crippen molar-refractivity contribution in [3.05, 3.63) is 152 Å². The second kappa shape index (κ2) is 9.03. The molecule has 44 heavy (non-hydrogen) atoms. The zero-order valence-electron chi connectivity index (χ0n) is 23.8. The molecule has 0 radical (unpaired) electrons. The second-order valence-corrected chi connectivity index (χ2v) is 12.8. The first kappa shape index (κ1) is 24.0. The van der Waals surface area contributed by atoms with E-state index in [0.717, 1.165) is 0 Å². The Hall–Kier alpha value is -5.44. The van der Waals surface area contributed by atoms with E-state index < -0.39 is 0 Å². The Balaban J connectivity index is 1.34. The summed E-state index contributed by atoms with van der Waals surface area (Å²) < 4.78 is 5.13. The lowest BCUT2D eigenvalue weighted by atomic mass is 9.94. The molecule has 0 aliphatic rings. The second-order valence-electron chi connectivity index (χ2n) is 11.7. The highest BCUT2D eigenvalue weighted by Gasteiger charge is 2.18. The molecular weight excluding hydrogens is 551 g/mol. The summed E-state index contributed by atoms with van der Waals surface area (Å²) in [5, 5.41) is 13.0. The van der Waals surface area contributed by atoms with Crippen molar-refractivity contribution < 1.29 is 0 Å². The average molecular weight is 576 g/mol. The van der Waals surface area contributed by atoms with Gasteiger partial charge in [-0.1, -0.05) is 109 Å². The van der Waals surface area contributed by atoms with Crippen LogP contribution in [0.1, 0.15) is 0 Å². The van der Waals surface area contributed by atoms with E-state index in [2.05, 4.69) is 156 Å². The van der Waals surface area contributed by atoms with Crippen molar-refractivity contribution in [3.63, 3.8) is 0 Å². The normalized spacial score (nSPS) is 12.1. The average Bonchev–Trinajstić information content (AvgIpc) is 3.62. The summed E-state index contributed by atoms with van der Waals surface area (Å²) >= 11 is 1.88. The Morgan fingerprint density at radius 1 is 0.318 bits per heavy atom. The Kier molecular flexibility index (Phi) is 4.94. The highest BCUT2D eigenvalue weighted by molar-refractivity contribution is 7.25. The molecule has 0 fully saturated rings. The molecule has 2 heteroatoms. The minimum absolute atomic E-state index is 1.19. The summed E-state index contributed by atoms with van der Waals surface area (Å²) in [6.07, 6.45) is 0. The first-order valence-corrected chi connectivity index (χ1v) is 15.9. The van der Waals surface area contributed by atoms with Crippen molar-refractivity contribution >= 4 is 85.6 Å². The minimum atomic E-state index is 1.19. The first-order valence-electron chi connectivity index (χ1n) is 15.1. The van der Waals surface area contributed by atoms with E-state index in [0.29, 0.717) is 0 Å². The lowest BCUT2D eigenvalue weighted by Gasteiger charge is -2.14. The molecule has 10 aromatic rings. The minimum Gasteiger partial charge on any atom is -0.309 e. The van der Waals surface area contributed by atoms with E-state index in [9.17, 15) is 0 Å². The molecule has 0 N–H and O–H groups in total. The van der Waals surface area contributed by atoms with Gasteiger partial charge in [0, 0.05) is 36.6 Å². The monoisotopic (exact) mass is 575 g/mol. The number of benzene rings is 8. The maximum Gasteiger partial charge on any atom is 0.0555 e. The maximum absolute atomic E-state index is 2.48. The molecule has 0 bridgehead atoms. The van der Waals surface area contributed by atoms with Gasteiger partial charge in [-0.15, -0.1) is 11.3 Å². The highest BCUT2D eigenvalue weighted by atomic mass is 32.1. The fraction of sp³-hybridized carbons (Fsp3) is 0. The number of rotatable bonds is 2. The third kappa shape index (κ3) is 3.35. The predicted molar refractivity (Wildman–Crippen MR) is 192 cm³/mol. The van der Waals surface area contributed by atoms with E-state index in [1.165, 1.54) is 91.1 Å². The van der Waals surface area contributed by atoms with Gasteiger partial charge in [0.25, 0.3) is 0 Å². The molecule has 204 valence electrons. The van der Waals surface area contributed by atoms with Gasteiger partial charge in [-0.05, 0) is 85.9 Å². The SMILES string of the molecule is c1ccc(-c2ccc3c(c2)c2cc4c(cc2n3-c2ccc3c5ccccc5c5ccccc5c3c2)sc2ccccc24)cc1. The quantitative estimate of drug-likeness (QED) is 0.181. The molecule has 1 nitrogen and oxygen atoms in total. The molecule has 0 unspecified atom stereocenters. The number of aromatic nitrogens is 1. The highest BCUT2D eigenvalue weighted by Crippen LogP contribution is 2.43. The van der Waals surface area contributed by atoms with Crippen LogP contribution < -0.4 is 0 Å². The zero-order valence-corrected chi connectivity index (χ0v) is 24.6. The van der Waals surface area contributed by atoms with Gasteiger partial charge in [0.2, 0.25) is 0 Å². The molecule has 0 spiro atoms. The van der Waals surface area contributed by atoms with Crippen molar-refractivity contribution in [2.75, 3.05) is 0 Å². The first-order chi connectivity index (χ1) is 21.8. The number of fused-ring (bicyclic) bond motifs is 12. The van der Waals surface area contributed by atoms with Crippen LogP contribution in [0.25, 0.3) is 91.1 Å². The largest absolute Gasteiger partial charge is 0.309 e. The summed E-state index contributed by atoms with van der Waals surface area (Å²) in [5.41, 5.74) is 6.13. The molecule has 0 saturated carbocycles. The van der Waals surface area contributed by atoms with Crippen LogP contribution in [0.2, 0.25) is 0 Å². The number of thiophene rings is 1. The molecule has 0 atom stereocenters. The van der Waals surface area contributed by atoms with Gasteiger partial charge in [-0.2, -0.15) is 0 Å². The van der Waals surface area contributed by atoms with Crippen molar-refractivity contribution in [1.29, 1.82) is 0 Å². The van der Waals surface area contributed by atoms with Crippen LogP contribution in [-0.4, -0.2) is 4.57 Å². The van der Waals surface area contributed by atoms with Gasteiger partial charge < -0.3 is 4.57 Å². The van der Waals surface area contributed by atoms with Gasteiger partial charge in [-0.25, -0.2) is 0 Å². The van der Waals surface area contributed by atoms with Crippen molar-refractivity contribution in [2.24, 2.45) is 0 Å². The Morgan fingerprint density at radius 2 is 0.932 bits per heavy atom. The topological polar surface area (TPSA) is 4.93 Å². The zero-order chi connectivity index (χ0) is 28.8. The van der Waals surface area contributed by atoms with Gasteiger partial charge in [0.15, 0.2) is 0 Å². The number of nitrogens with zero attached hydrogens (tertiary/aromatic N) is 1. The molecule has 0 aliphatic heterocycles. The van der Waals surface area contributed by atoms with Gasteiger partial charge in [-0.3, -0.25) is 0 Å². The molecule has 0 aliphatic carbocycles. The molecule has 10 rings (SSSR count). The molecule has 2 heterocycles. The van der Waals surface area contributed by atoms with Crippen molar-refractivity contribution in [2.45, 2.75) is 0 Å². The van der Waals surface area contributed by atoms with E-state index >= 15 is 0 Å². The summed E-state index contributed by atoms with van der Waals surface area (Å²) in [5.74, 6) is 0. The lowest BCUT2D eigenvalue weighted by molar-refractivity contribution is 1.19. The van der Waals surface area contributed by atoms with Crippen LogP contribution in [0.5, 0.6) is 0 Å². The van der Waals surface area contributed by atoms with Crippen LogP contribution in [0, 0.1) is 0 Å². The van der Waals surface area contributed by atoms with Crippen LogP contribution in [-0.2, 0) is 0 Å². The van der Waals surface area contributed by atoms with E-state index in [1.54, 1.807) is 0 Å². The summed E-state index contributed by atoms with van der Waals surface area (Å²) in [6.45, 7) is 0. The number of hydrogen-bond acceptors (Lipinski definition) is 1. The van der Waals surface area contributed by atoms with Crippen LogP contribution in [0.4, 0.5) is 0 Å². The molecular formula is C42H25NS. The fourth-order valence-corrected chi connectivity index (χ4v) is 8.48. The standard InChI is InChI=1S/C42H25NS/c1-2-10-26(11-3-1)27-18-21-39-36(22-27)37-24-38-34-16-8-9-17-41(34)44-42(38)25-40(37)43(39)28-19-20-33-31-14-5-4-12-29(31)30-13-6-7-15-32(30)35(33)23-28/h1-25H. The van der Waals surface area contributed by atoms with Gasteiger partial charge in [0.1, 0.15) is 0 Å². The van der Waals surface area contributed by atoms with E-state index in [4.69, 9.17) is 0 Å². The molecule has 2 aromatic heterocycles. The fourth-order valence-electron chi connectivity index (χ4n) is 7.36. The van der Waals surface area contributed by atoms with Crippen LogP contribution in [0.15, 0.2) is 152 Å². The molecule has 0 amide bonds. The Labute approximate surface area is 257 Å². The third-order valence-electron chi connectivity index (χ3n) is 9.36. The van der Waals surface area contributed by atoms with Crippen LogP contribution in [0.3, 0.4) is 0 Å². The molecule has 0 saturated heterocycles. The van der Waals surface area contributed by atoms with Crippen molar-refractivity contribution in [1.82, 2.24) is 4.57 Å². The third-order valence-corrected chi connectivity index (χ3v) is 10.5. The van der Waals surface area contributed by atoms with Crippen molar-refractivity contribution in [3.8, 4) is 16.8 Å². The number of hydrogen-bond donors (Lipinski definition) is 0. The lowest BCUT2D eigenvalue weighted by Crippen LogP contribution is -1.94. The van der Waals surface area contributed by atoms with E-state index in [1.807, 2.05) is 11.3 Å². The van der Waals surface area contributed by atoms with Gasteiger partial charge in [0.05, 0.1) is 11.0 Å². The Morgan fingerprint density at radius 3 is 1.68 bits per heavy atom. The predicted octanol–water partition coefficient (Wildman–Crippen LogP) is 12.3. The molecule has 8 aromatic carbocycles. The van der Waals surface area contributed by atoms with Crippen LogP contribution >= 0.6 is 11.3 Å². The van der Waals surface area contributed by atoms with E-state index in [-0.39, 0.29) is 0 Å². The summed E-state index contributed by atoms with van der Waals surface area (Å²) in [6, 6.07) is 56.0.